The zero-order chi connectivity index (χ0) is 12.8. The Morgan fingerprint density at radius 1 is 1.17 bits per heavy atom. The molecule has 1 saturated carbocycles. The Balaban J connectivity index is 2.01. The van der Waals surface area contributed by atoms with Crippen molar-refractivity contribution in [2.24, 2.45) is 5.92 Å². The van der Waals surface area contributed by atoms with E-state index in [0.29, 0.717) is 24.7 Å². The van der Waals surface area contributed by atoms with Crippen molar-refractivity contribution < 1.29 is 9.53 Å². The monoisotopic (exact) mass is 246 g/mol. The number of ether oxygens (including phenoxy) is 1. The first kappa shape index (κ1) is 13.3. The quantitative estimate of drug-likeness (QED) is 0.794. The maximum Gasteiger partial charge on any atom is 0.140 e. The van der Waals surface area contributed by atoms with Crippen molar-refractivity contribution >= 4 is 5.78 Å². The molecule has 0 N–H and O–H groups in total. The van der Waals surface area contributed by atoms with E-state index in [2.05, 4.69) is 6.07 Å². The molecule has 2 heteroatoms. The van der Waals surface area contributed by atoms with E-state index in [1.807, 2.05) is 18.2 Å². The second-order valence-corrected chi connectivity index (χ2v) is 5.18. The largest absolute Gasteiger partial charge is 0.380 e. The van der Waals surface area contributed by atoms with E-state index in [4.69, 9.17) is 4.74 Å². The minimum atomic E-state index is 0.300. The third-order valence-electron chi connectivity index (χ3n) is 3.84. The fourth-order valence-electron chi connectivity index (χ4n) is 2.78. The smallest absolute Gasteiger partial charge is 0.140 e. The van der Waals surface area contributed by atoms with E-state index in [0.717, 1.165) is 24.0 Å². The summed E-state index contributed by atoms with van der Waals surface area (Å²) in [5.41, 5.74) is 2.28. The van der Waals surface area contributed by atoms with Gasteiger partial charge in [-0.1, -0.05) is 43.5 Å². The molecular weight excluding hydrogens is 224 g/mol. The molecule has 0 bridgehead atoms. The molecule has 0 saturated heterocycles. The van der Waals surface area contributed by atoms with Crippen LogP contribution in [0, 0.1) is 5.92 Å². The van der Waals surface area contributed by atoms with Gasteiger partial charge in [0, 0.05) is 19.4 Å². The van der Waals surface area contributed by atoms with Gasteiger partial charge in [-0.15, -0.1) is 0 Å². The van der Waals surface area contributed by atoms with Gasteiger partial charge >= 0.3 is 0 Å². The highest BCUT2D eigenvalue weighted by molar-refractivity contribution is 5.83. The number of ketones is 1. The lowest BCUT2D eigenvalue weighted by atomic mass is 9.84. The lowest BCUT2D eigenvalue weighted by Crippen LogP contribution is -2.20. The molecule has 18 heavy (non-hydrogen) atoms. The summed E-state index contributed by atoms with van der Waals surface area (Å²) in [7, 11) is 1.69. The molecule has 2 rings (SSSR count). The predicted octanol–water partition coefficient (Wildman–Crippen LogP) is 3.52. The maximum atomic E-state index is 12.3. The zero-order valence-corrected chi connectivity index (χ0v) is 11.2. The van der Waals surface area contributed by atoms with E-state index >= 15 is 0 Å². The molecule has 1 aliphatic carbocycles. The minimum absolute atomic E-state index is 0.300. The Morgan fingerprint density at radius 3 is 2.50 bits per heavy atom. The van der Waals surface area contributed by atoms with Gasteiger partial charge in [0.2, 0.25) is 0 Å². The molecule has 0 aromatic heterocycles. The maximum absolute atomic E-state index is 12.3. The molecule has 0 amide bonds. The van der Waals surface area contributed by atoms with Crippen molar-refractivity contribution in [3.05, 3.63) is 35.4 Å². The summed E-state index contributed by atoms with van der Waals surface area (Å²) >= 11 is 0. The Bertz CT molecular complexity index is 392. The van der Waals surface area contributed by atoms with Crippen LogP contribution in [0.25, 0.3) is 0 Å². The average molecular weight is 246 g/mol. The summed E-state index contributed by atoms with van der Waals surface area (Å²) in [5.74, 6) is 0.715. The van der Waals surface area contributed by atoms with Gasteiger partial charge in [-0.3, -0.25) is 4.79 Å². The molecule has 1 aliphatic rings. The van der Waals surface area contributed by atoms with Gasteiger partial charge in [-0.25, -0.2) is 0 Å². The number of methoxy groups -OCH3 is 1. The van der Waals surface area contributed by atoms with Crippen LogP contribution in [0.4, 0.5) is 0 Å². The molecule has 0 atom stereocenters. The number of hydrogen-bond donors (Lipinski definition) is 0. The highest BCUT2D eigenvalue weighted by atomic mass is 16.5. The SMILES string of the molecule is COCc1ccccc1CC(=O)C1CCCCC1. The van der Waals surface area contributed by atoms with Crippen molar-refractivity contribution in [3.63, 3.8) is 0 Å². The Labute approximate surface area is 109 Å². The molecule has 0 aliphatic heterocycles. The number of benzene rings is 1. The van der Waals surface area contributed by atoms with Crippen molar-refractivity contribution in [3.8, 4) is 0 Å². The molecule has 0 unspecified atom stereocenters. The number of hydrogen-bond acceptors (Lipinski definition) is 2. The second-order valence-electron chi connectivity index (χ2n) is 5.18. The van der Waals surface area contributed by atoms with Crippen LogP contribution in [0.3, 0.4) is 0 Å². The van der Waals surface area contributed by atoms with Crippen LogP contribution in [-0.2, 0) is 22.6 Å². The van der Waals surface area contributed by atoms with Crippen LogP contribution < -0.4 is 0 Å². The molecular formula is C16H22O2. The molecule has 0 spiro atoms. The van der Waals surface area contributed by atoms with E-state index in [9.17, 15) is 4.79 Å². The topological polar surface area (TPSA) is 26.3 Å². The Morgan fingerprint density at radius 2 is 1.83 bits per heavy atom. The van der Waals surface area contributed by atoms with E-state index in [1.165, 1.54) is 19.3 Å². The average Bonchev–Trinajstić information content (AvgIpc) is 2.42. The van der Waals surface area contributed by atoms with Crippen LogP contribution in [0.15, 0.2) is 24.3 Å². The van der Waals surface area contributed by atoms with E-state index in [1.54, 1.807) is 7.11 Å². The molecule has 0 radical (unpaired) electrons. The van der Waals surface area contributed by atoms with Gasteiger partial charge < -0.3 is 4.74 Å². The lowest BCUT2D eigenvalue weighted by molar-refractivity contribution is -0.123. The summed E-state index contributed by atoms with van der Waals surface area (Å²) < 4.78 is 5.18. The highest BCUT2D eigenvalue weighted by Crippen LogP contribution is 2.26. The first-order valence-corrected chi connectivity index (χ1v) is 6.89. The van der Waals surface area contributed by atoms with E-state index < -0.39 is 0 Å². The van der Waals surface area contributed by atoms with Gasteiger partial charge in [0.25, 0.3) is 0 Å². The normalized spacial score (nSPS) is 16.7. The van der Waals surface area contributed by atoms with Crippen molar-refractivity contribution in [2.45, 2.75) is 45.1 Å². The summed E-state index contributed by atoms with van der Waals surface area (Å²) in [5, 5.41) is 0. The van der Waals surface area contributed by atoms with Gasteiger partial charge in [0.05, 0.1) is 6.61 Å². The molecule has 98 valence electrons. The third-order valence-corrected chi connectivity index (χ3v) is 3.84. The van der Waals surface area contributed by atoms with Crippen LogP contribution in [-0.4, -0.2) is 12.9 Å². The highest BCUT2D eigenvalue weighted by Gasteiger charge is 2.21. The van der Waals surface area contributed by atoms with Crippen LogP contribution in [0.5, 0.6) is 0 Å². The first-order chi connectivity index (χ1) is 8.81. The van der Waals surface area contributed by atoms with Gasteiger partial charge in [-0.05, 0) is 24.0 Å². The summed E-state index contributed by atoms with van der Waals surface area (Å²) in [4.78, 5) is 12.3. The predicted molar refractivity (Wildman–Crippen MR) is 72.4 cm³/mol. The number of carbonyl (C=O) groups is 1. The third kappa shape index (κ3) is 3.42. The van der Waals surface area contributed by atoms with Crippen LogP contribution >= 0.6 is 0 Å². The second kappa shape index (κ2) is 6.69. The van der Waals surface area contributed by atoms with Crippen molar-refractivity contribution in [1.82, 2.24) is 0 Å². The molecule has 1 fully saturated rings. The van der Waals surface area contributed by atoms with Gasteiger partial charge in [-0.2, -0.15) is 0 Å². The van der Waals surface area contributed by atoms with E-state index in [-0.39, 0.29) is 0 Å². The Hall–Kier alpha value is -1.15. The molecule has 2 nitrogen and oxygen atoms in total. The summed E-state index contributed by atoms with van der Waals surface area (Å²) in [6.45, 7) is 0.591. The number of rotatable bonds is 5. The Kier molecular flexibility index (Phi) is 4.94. The van der Waals surface area contributed by atoms with Crippen LogP contribution in [0.1, 0.15) is 43.2 Å². The zero-order valence-electron chi connectivity index (χ0n) is 11.2. The minimum Gasteiger partial charge on any atom is -0.380 e. The van der Waals surface area contributed by atoms with Crippen molar-refractivity contribution in [1.29, 1.82) is 0 Å². The van der Waals surface area contributed by atoms with Gasteiger partial charge in [0.15, 0.2) is 0 Å². The first-order valence-electron chi connectivity index (χ1n) is 6.89. The number of Topliss-reactive ketones (excluding diaryl/α,β-unsaturated/α-hetero) is 1. The molecule has 0 heterocycles. The van der Waals surface area contributed by atoms with Crippen LogP contribution in [0.2, 0.25) is 0 Å². The number of carbonyl (C=O) groups excluding carboxylic acids is 1. The fourth-order valence-corrected chi connectivity index (χ4v) is 2.78. The summed E-state index contributed by atoms with van der Waals surface area (Å²) in [6.07, 6.45) is 6.48. The lowest BCUT2D eigenvalue weighted by Gasteiger charge is -2.20. The van der Waals surface area contributed by atoms with Gasteiger partial charge in [0.1, 0.15) is 5.78 Å². The molecule has 1 aromatic rings. The molecule has 1 aromatic carbocycles. The van der Waals surface area contributed by atoms with Crippen molar-refractivity contribution in [2.75, 3.05) is 7.11 Å². The summed E-state index contributed by atoms with van der Waals surface area (Å²) in [6, 6.07) is 8.10. The standard InChI is InChI=1S/C16H22O2/c1-18-12-15-10-6-5-9-14(15)11-16(17)13-7-3-2-4-8-13/h5-6,9-10,13H,2-4,7-8,11-12H2,1H3. The fraction of sp³-hybridized carbons (Fsp3) is 0.562.